The van der Waals surface area contributed by atoms with Gasteiger partial charge in [0.05, 0.1) is 19.4 Å². The Hall–Kier alpha value is -1.35. The molecule has 4 rings (SSSR count). The van der Waals surface area contributed by atoms with Gasteiger partial charge in [-0.15, -0.1) is 22.7 Å². The van der Waals surface area contributed by atoms with Gasteiger partial charge in [-0.3, -0.25) is 0 Å². The lowest BCUT2D eigenvalue weighted by Gasteiger charge is -2.25. The third kappa shape index (κ3) is 3.12. The van der Waals surface area contributed by atoms with Crippen molar-refractivity contribution in [1.29, 1.82) is 0 Å². The van der Waals surface area contributed by atoms with Crippen molar-refractivity contribution in [2.24, 2.45) is 0 Å². The summed E-state index contributed by atoms with van der Waals surface area (Å²) in [5, 5.41) is 3.56. The lowest BCUT2D eigenvalue weighted by Crippen LogP contribution is -2.30. The maximum absolute atomic E-state index is 11.8. The number of hydrogen-bond acceptors (Lipinski definition) is 8. The van der Waals surface area contributed by atoms with Crippen LogP contribution >= 0.6 is 22.7 Å². The molecule has 1 atom stereocenters. The molecule has 1 saturated carbocycles. The molecule has 1 spiro atoms. The fourth-order valence-corrected chi connectivity index (χ4v) is 5.04. The van der Waals surface area contributed by atoms with Gasteiger partial charge in [0.15, 0.2) is 5.79 Å². The molecule has 134 valence electrons. The van der Waals surface area contributed by atoms with Crippen LogP contribution in [0.15, 0.2) is 11.6 Å². The Bertz CT molecular complexity index is 781. The van der Waals surface area contributed by atoms with E-state index in [1.165, 1.54) is 11.3 Å². The monoisotopic (exact) mass is 380 g/mol. The summed E-state index contributed by atoms with van der Waals surface area (Å²) in [4.78, 5) is 21.3. The first kappa shape index (κ1) is 17.1. The van der Waals surface area contributed by atoms with Gasteiger partial charge in [-0.25, -0.2) is 14.8 Å². The quantitative estimate of drug-likeness (QED) is 0.748. The van der Waals surface area contributed by atoms with E-state index in [1.54, 1.807) is 24.5 Å². The van der Waals surface area contributed by atoms with Gasteiger partial charge in [-0.2, -0.15) is 0 Å². The minimum absolute atomic E-state index is 0.343. The molecule has 6 nitrogen and oxygen atoms in total. The molecule has 1 aliphatic heterocycles. The zero-order chi connectivity index (χ0) is 17.5. The Morgan fingerprint density at radius 2 is 2.20 bits per heavy atom. The van der Waals surface area contributed by atoms with Crippen LogP contribution in [0.5, 0.6) is 0 Å². The number of thiazole rings is 2. The second kappa shape index (κ2) is 6.42. The van der Waals surface area contributed by atoms with Gasteiger partial charge in [0.1, 0.15) is 26.2 Å². The van der Waals surface area contributed by atoms with Crippen LogP contribution in [-0.4, -0.2) is 34.9 Å². The molecule has 2 aromatic heterocycles. The third-order valence-electron chi connectivity index (χ3n) is 4.55. The van der Waals surface area contributed by atoms with Crippen LogP contribution in [0, 0.1) is 0 Å². The lowest BCUT2D eigenvalue weighted by molar-refractivity contribution is -0.180. The number of carbonyl (C=O) groups excluding carboxylic acids is 1. The average molecular weight is 380 g/mol. The summed E-state index contributed by atoms with van der Waals surface area (Å²) < 4.78 is 17.4. The van der Waals surface area contributed by atoms with Crippen LogP contribution in [-0.2, 0) is 19.8 Å². The number of hydrogen-bond donors (Lipinski definition) is 0. The zero-order valence-electron chi connectivity index (χ0n) is 14.2. The molecule has 0 N–H and O–H groups in total. The first-order chi connectivity index (χ1) is 12.0. The van der Waals surface area contributed by atoms with Crippen molar-refractivity contribution in [3.05, 3.63) is 21.5 Å². The van der Waals surface area contributed by atoms with E-state index in [1.807, 2.05) is 12.3 Å². The van der Waals surface area contributed by atoms with Gasteiger partial charge >= 0.3 is 5.97 Å². The molecule has 2 aromatic rings. The fourth-order valence-electron chi connectivity index (χ4n) is 3.31. The van der Waals surface area contributed by atoms with Gasteiger partial charge in [-0.1, -0.05) is 0 Å². The molecule has 3 heterocycles. The molecule has 25 heavy (non-hydrogen) atoms. The topological polar surface area (TPSA) is 70.5 Å². The van der Waals surface area contributed by atoms with E-state index >= 15 is 0 Å². The highest BCUT2D eigenvalue weighted by molar-refractivity contribution is 7.17. The molecule has 0 unspecified atom stereocenters. The van der Waals surface area contributed by atoms with Crippen molar-refractivity contribution in [3.8, 4) is 10.7 Å². The molecule has 2 aliphatic rings. The highest BCUT2D eigenvalue weighted by atomic mass is 32.1. The van der Waals surface area contributed by atoms with E-state index in [4.69, 9.17) is 19.2 Å². The highest BCUT2D eigenvalue weighted by Crippen LogP contribution is 2.47. The summed E-state index contributed by atoms with van der Waals surface area (Å²) in [5.41, 5.74) is 0.242. The molecule has 1 saturated heterocycles. The second-order valence-corrected chi connectivity index (χ2v) is 8.42. The van der Waals surface area contributed by atoms with E-state index in [2.05, 4.69) is 4.98 Å². The smallest absolute Gasteiger partial charge is 0.349 e. The third-order valence-corrected chi connectivity index (χ3v) is 6.63. The summed E-state index contributed by atoms with van der Waals surface area (Å²) in [6.45, 7) is 4.69. The van der Waals surface area contributed by atoms with Gasteiger partial charge in [0.2, 0.25) is 0 Å². The molecular weight excluding hydrogens is 360 g/mol. The molecule has 0 amide bonds. The minimum Gasteiger partial charge on any atom is -0.462 e. The fraction of sp³-hybridized carbons (Fsp3) is 0.588. The number of aromatic nitrogens is 2. The summed E-state index contributed by atoms with van der Waals surface area (Å²) in [5.74, 6) is -0.761. The number of rotatable bonds is 4. The number of carbonyl (C=O) groups is 1. The molecule has 8 heteroatoms. The van der Waals surface area contributed by atoms with Crippen molar-refractivity contribution in [2.75, 3.05) is 13.2 Å². The molecule has 0 aromatic carbocycles. The number of esters is 1. The van der Waals surface area contributed by atoms with Crippen molar-refractivity contribution >= 4 is 28.6 Å². The zero-order valence-corrected chi connectivity index (χ0v) is 15.9. The highest BCUT2D eigenvalue weighted by Gasteiger charge is 2.51. The van der Waals surface area contributed by atoms with Crippen molar-refractivity contribution in [2.45, 2.75) is 50.9 Å². The number of nitrogens with zero attached hydrogens (tertiary/aromatic N) is 2. The van der Waals surface area contributed by atoms with Crippen molar-refractivity contribution in [1.82, 2.24) is 9.97 Å². The van der Waals surface area contributed by atoms with Crippen LogP contribution in [0.4, 0.5) is 0 Å². The van der Waals surface area contributed by atoms with Gasteiger partial charge < -0.3 is 14.2 Å². The normalized spacial score (nSPS) is 24.9. The molecule has 1 aliphatic carbocycles. The predicted molar refractivity (Wildman–Crippen MR) is 94.8 cm³/mol. The summed E-state index contributed by atoms with van der Waals surface area (Å²) >= 11 is 2.84. The lowest BCUT2D eigenvalue weighted by atomic mass is 10.1. The van der Waals surface area contributed by atoms with Crippen LogP contribution in [0.2, 0.25) is 0 Å². The Morgan fingerprint density at radius 3 is 2.96 bits per heavy atom. The first-order valence-corrected chi connectivity index (χ1v) is 10.2. The van der Waals surface area contributed by atoms with Crippen LogP contribution in [0.3, 0.4) is 0 Å². The standard InChI is InChI=1S/C17H20N2O4S2/c1-3-21-14(20)12-8-18-13(25-12)11-9-24-15(19-11)16(2)10-22-17(23-16)6-4-5-7-17/h8-9H,3-7,10H2,1-2H3/t16-/m1/s1. The summed E-state index contributed by atoms with van der Waals surface area (Å²) in [6, 6.07) is 0. The second-order valence-electron chi connectivity index (χ2n) is 6.53. The average Bonchev–Trinajstić information content (AvgIpc) is 3.35. The molecular formula is C17H20N2O4S2. The summed E-state index contributed by atoms with van der Waals surface area (Å²) in [7, 11) is 0. The maximum Gasteiger partial charge on any atom is 0.349 e. The predicted octanol–water partition coefficient (Wildman–Crippen LogP) is 3.98. The molecule has 0 radical (unpaired) electrons. The molecule has 0 bridgehead atoms. The number of ether oxygens (including phenoxy) is 3. The van der Waals surface area contributed by atoms with Gasteiger partial charge in [0, 0.05) is 18.2 Å². The van der Waals surface area contributed by atoms with E-state index in [0.717, 1.165) is 36.4 Å². The van der Waals surface area contributed by atoms with E-state index in [9.17, 15) is 4.79 Å². The van der Waals surface area contributed by atoms with Gasteiger partial charge in [0.25, 0.3) is 0 Å². The van der Waals surface area contributed by atoms with E-state index in [0.29, 0.717) is 23.1 Å². The van der Waals surface area contributed by atoms with E-state index < -0.39 is 11.4 Å². The van der Waals surface area contributed by atoms with Crippen LogP contribution < -0.4 is 0 Å². The van der Waals surface area contributed by atoms with Gasteiger partial charge in [-0.05, 0) is 26.7 Å². The summed E-state index contributed by atoms with van der Waals surface area (Å²) in [6.07, 6.45) is 5.75. The SMILES string of the molecule is CCOC(=O)c1cnc(-c2csc([C@@]3(C)COC4(CCCC4)O3)n2)s1. The minimum atomic E-state index is -0.519. The Morgan fingerprint density at radius 1 is 1.40 bits per heavy atom. The van der Waals surface area contributed by atoms with Crippen LogP contribution in [0.25, 0.3) is 10.7 Å². The maximum atomic E-state index is 11.8. The Balaban J connectivity index is 1.53. The first-order valence-electron chi connectivity index (χ1n) is 8.47. The molecule has 2 fully saturated rings. The largest absolute Gasteiger partial charge is 0.462 e. The Kier molecular flexibility index (Phi) is 4.39. The Labute approximate surface area is 154 Å². The van der Waals surface area contributed by atoms with E-state index in [-0.39, 0.29) is 5.97 Å². The van der Waals surface area contributed by atoms with Crippen LogP contribution in [0.1, 0.15) is 54.2 Å². The van der Waals surface area contributed by atoms with Crippen molar-refractivity contribution in [3.63, 3.8) is 0 Å². The van der Waals surface area contributed by atoms with Crippen molar-refractivity contribution < 1.29 is 19.0 Å².